The number of benzene rings is 4. The fourth-order valence-electron chi connectivity index (χ4n) is 5.42. The van der Waals surface area contributed by atoms with Crippen molar-refractivity contribution in [2.75, 3.05) is 26.3 Å². The Balaban J connectivity index is 0.957. The van der Waals surface area contributed by atoms with Crippen LogP contribution in [0.1, 0.15) is 54.3 Å². The quantitative estimate of drug-likeness (QED) is 0.222. The molecule has 10 heteroatoms. The van der Waals surface area contributed by atoms with Gasteiger partial charge in [0.1, 0.15) is 13.2 Å². The Morgan fingerprint density at radius 1 is 0.500 bits per heavy atom. The summed E-state index contributed by atoms with van der Waals surface area (Å²) in [6.07, 6.45) is -0.556. The van der Waals surface area contributed by atoms with E-state index in [9.17, 15) is 28.8 Å². The van der Waals surface area contributed by atoms with Gasteiger partial charge >= 0.3 is 11.9 Å². The molecule has 2 aliphatic rings. The molecule has 0 aliphatic carbocycles. The number of carbonyl (C=O) groups excluding carboxylic acids is 6. The maximum Gasteiger partial charge on any atom is 0.306 e. The molecule has 4 amide bonds. The highest BCUT2D eigenvalue weighted by atomic mass is 16.5. The number of rotatable bonds is 9. The second kappa shape index (κ2) is 10.9. The minimum Gasteiger partial charge on any atom is -0.464 e. The smallest absolute Gasteiger partial charge is 0.306 e. The summed E-state index contributed by atoms with van der Waals surface area (Å²) in [6, 6.07) is 20.9. The van der Waals surface area contributed by atoms with Crippen molar-refractivity contribution in [3.05, 3.63) is 95.1 Å². The molecule has 6 rings (SSSR count). The molecule has 2 aliphatic heterocycles. The van der Waals surface area contributed by atoms with E-state index in [1.54, 1.807) is 48.5 Å². The summed E-state index contributed by atoms with van der Waals surface area (Å²) in [7, 11) is 0. The molecule has 0 N–H and O–H groups in total. The molecule has 10 nitrogen and oxygen atoms in total. The van der Waals surface area contributed by atoms with E-state index in [0.29, 0.717) is 33.0 Å². The van der Waals surface area contributed by atoms with E-state index >= 15 is 0 Å². The molecular weight excluding hydrogens is 540 g/mol. The minimum absolute atomic E-state index is 0.132. The zero-order valence-electron chi connectivity index (χ0n) is 22.3. The summed E-state index contributed by atoms with van der Waals surface area (Å²) in [6.45, 7) is -0.714. The fourth-order valence-corrected chi connectivity index (χ4v) is 5.42. The number of carbonyl (C=O) groups is 6. The summed E-state index contributed by atoms with van der Waals surface area (Å²) in [5, 5.41) is 2.81. The molecule has 0 saturated heterocycles. The van der Waals surface area contributed by atoms with E-state index in [4.69, 9.17) is 9.47 Å². The summed E-state index contributed by atoms with van der Waals surface area (Å²) in [5.74, 6) is -3.25. The highest BCUT2D eigenvalue weighted by molar-refractivity contribution is 6.26. The predicted octanol–water partition coefficient (Wildman–Crippen LogP) is 3.75. The highest BCUT2D eigenvalue weighted by Crippen LogP contribution is 2.31. The lowest BCUT2D eigenvalue weighted by Gasteiger charge is -2.27. The number of ether oxygens (including phenoxy) is 2. The summed E-state index contributed by atoms with van der Waals surface area (Å²) in [4.78, 5) is 78.2. The zero-order valence-corrected chi connectivity index (χ0v) is 22.3. The van der Waals surface area contributed by atoms with Gasteiger partial charge in [0.2, 0.25) is 0 Å². The number of amides is 4. The van der Waals surface area contributed by atoms with Crippen LogP contribution in [0.25, 0.3) is 21.5 Å². The molecule has 4 aromatic rings. The fraction of sp³-hybridized carbons (Fsp3) is 0.188. The number of hydrogen-bond acceptors (Lipinski definition) is 8. The van der Waals surface area contributed by atoms with Crippen LogP contribution in [-0.2, 0) is 19.1 Å². The van der Waals surface area contributed by atoms with E-state index in [2.05, 4.69) is 0 Å². The van der Waals surface area contributed by atoms with E-state index in [1.807, 2.05) is 24.3 Å². The van der Waals surface area contributed by atoms with Crippen LogP contribution in [0.2, 0.25) is 0 Å². The van der Waals surface area contributed by atoms with E-state index in [0.717, 1.165) is 20.6 Å². The molecular formula is C32H24N2O8. The van der Waals surface area contributed by atoms with Gasteiger partial charge in [0.15, 0.2) is 0 Å². The average Bonchev–Trinajstić information content (AvgIpc) is 3.00. The topological polar surface area (TPSA) is 127 Å². The van der Waals surface area contributed by atoms with Gasteiger partial charge in [-0.2, -0.15) is 0 Å². The first-order chi connectivity index (χ1) is 20.3. The van der Waals surface area contributed by atoms with Crippen LogP contribution in [-0.4, -0.2) is 71.7 Å². The van der Waals surface area contributed by atoms with Crippen molar-refractivity contribution in [1.29, 1.82) is 0 Å². The van der Waals surface area contributed by atoms with Gasteiger partial charge in [0, 0.05) is 33.0 Å². The van der Waals surface area contributed by atoms with Gasteiger partial charge in [0.05, 0.1) is 25.9 Å². The van der Waals surface area contributed by atoms with Crippen molar-refractivity contribution in [2.24, 2.45) is 0 Å². The summed E-state index contributed by atoms with van der Waals surface area (Å²) >= 11 is 0. The molecule has 4 aromatic carbocycles. The average molecular weight is 565 g/mol. The first-order valence-corrected chi connectivity index (χ1v) is 13.4. The lowest BCUT2D eigenvalue weighted by Crippen LogP contribution is -2.42. The largest absolute Gasteiger partial charge is 0.464 e. The molecule has 0 aromatic heterocycles. The van der Waals surface area contributed by atoms with Crippen LogP contribution < -0.4 is 0 Å². The Bertz CT molecular complexity index is 1590. The molecule has 0 saturated carbocycles. The Morgan fingerprint density at radius 2 is 0.810 bits per heavy atom. The molecule has 0 atom stereocenters. The first-order valence-electron chi connectivity index (χ1n) is 13.4. The normalized spacial score (nSPS) is 14.1. The molecule has 0 bridgehead atoms. The van der Waals surface area contributed by atoms with Crippen molar-refractivity contribution in [2.45, 2.75) is 12.8 Å². The van der Waals surface area contributed by atoms with E-state index < -0.39 is 35.6 Å². The summed E-state index contributed by atoms with van der Waals surface area (Å²) < 4.78 is 10.3. The predicted molar refractivity (Wildman–Crippen MR) is 150 cm³/mol. The van der Waals surface area contributed by atoms with E-state index in [1.165, 1.54) is 0 Å². The second-order valence-electron chi connectivity index (χ2n) is 9.88. The molecule has 2 heterocycles. The Hall–Kier alpha value is -5.38. The van der Waals surface area contributed by atoms with Gasteiger partial charge in [-0.05, 0) is 35.0 Å². The maximum absolute atomic E-state index is 12.9. The maximum atomic E-state index is 12.9. The SMILES string of the molecule is O=C(CCC(=O)OCCN1C(=O)c2cccc3cccc(c23)C1=O)OCCN1C(=O)c2cccc3cccc(c23)C1=O. The van der Waals surface area contributed by atoms with Gasteiger partial charge in [-0.15, -0.1) is 0 Å². The molecule has 0 unspecified atom stereocenters. The third kappa shape index (κ3) is 4.66. The van der Waals surface area contributed by atoms with Gasteiger partial charge in [-0.3, -0.25) is 38.6 Å². The molecule has 210 valence electrons. The standard InChI is InChI=1S/C32H24N2O8/c35-25(41-17-15-33-29(37)21-9-1-5-19-6-2-10-22(27(19)21)30(33)38)13-14-26(36)42-18-16-34-31(39)23-11-3-7-20-8-4-12-24(28(20)23)32(34)40/h1-12H,13-18H2. The van der Waals surface area contributed by atoms with Crippen molar-refractivity contribution in [3.63, 3.8) is 0 Å². The van der Waals surface area contributed by atoms with E-state index in [-0.39, 0.29) is 39.1 Å². The monoisotopic (exact) mass is 564 g/mol. The number of esters is 2. The second-order valence-corrected chi connectivity index (χ2v) is 9.88. The van der Waals surface area contributed by atoms with Crippen LogP contribution in [0, 0.1) is 0 Å². The van der Waals surface area contributed by atoms with Crippen molar-refractivity contribution < 1.29 is 38.2 Å². The van der Waals surface area contributed by atoms with Crippen LogP contribution in [0.4, 0.5) is 0 Å². The molecule has 42 heavy (non-hydrogen) atoms. The third-order valence-electron chi connectivity index (χ3n) is 7.40. The Labute approximate surface area is 239 Å². The van der Waals surface area contributed by atoms with Gasteiger partial charge in [0.25, 0.3) is 23.6 Å². The van der Waals surface area contributed by atoms with Gasteiger partial charge in [-0.25, -0.2) is 0 Å². The third-order valence-corrected chi connectivity index (χ3v) is 7.40. The number of nitrogens with zero attached hydrogens (tertiary/aromatic N) is 2. The lowest BCUT2D eigenvalue weighted by molar-refractivity contribution is -0.150. The Kier molecular flexibility index (Phi) is 6.95. The zero-order chi connectivity index (χ0) is 29.4. The molecule has 0 spiro atoms. The molecule has 0 fully saturated rings. The van der Waals surface area contributed by atoms with Crippen LogP contribution in [0.15, 0.2) is 72.8 Å². The van der Waals surface area contributed by atoms with Gasteiger partial charge < -0.3 is 9.47 Å². The van der Waals surface area contributed by atoms with Crippen LogP contribution in [0.5, 0.6) is 0 Å². The van der Waals surface area contributed by atoms with Crippen LogP contribution in [0.3, 0.4) is 0 Å². The van der Waals surface area contributed by atoms with Crippen molar-refractivity contribution in [1.82, 2.24) is 9.80 Å². The molecule has 0 radical (unpaired) electrons. The first kappa shape index (κ1) is 26.8. The van der Waals surface area contributed by atoms with Crippen LogP contribution >= 0.6 is 0 Å². The minimum atomic E-state index is -0.697. The highest BCUT2D eigenvalue weighted by Gasteiger charge is 2.33. The Morgan fingerprint density at radius 3 is 1.12 bits per heavy atom. The lowest BCUT2D eigenvalue weighted by atomic mass is 9.94. The number of hydrogen-bond donors (Lipinski definition) is 0. The van der Waals surface area contributed by atoms with Gasteiger partial charge in [-0.1, -0.05) is 48.5 Å². The van der Waals surface area contributed by atoms with Crippen molar-refractivity contribution >= 4 is 57.1 Å². The summed E-state index contributed by atoms with van der Waals surface area (Å²) in [5.41, 5.74) is 1.63. The van der Waals surface area contributed by atoms with Crippen molar-refractivity contribution in [3.8, 4) is 0 Å². The number of imide groups is 2.